The Labute approximate surface area is 187 Å². The number of ether oxygens (including phenoxy) is 1. The molecule has 0 aliphatic rings. The van der Waals surface area contributed by atoms with Crippen LogP contribution in [0.15, 0.2) is 41.6 Å². The number of halogens is 3. The van der Waals surface area contributed by atoms with Gasteiger partial charge in [-0.05, 0) is 42.8 Å². The highest BCUT2D eigenvalue weighted by atomic mass is 35.5. The molecule has 2 aromatic carbocycles. The van der Waals surface area contributed by atoms with E-state index >= 15 is 0 Å². The lowest BCUT2D eigenvalue weighted by Crippen LogP contribution is -2.15. The topological polar surface area (TPSA) is 69.0 Å². The second kappa shape index (κ2) is 9.71. The van der Waals surface area contributed by atoms with Gasteiger partial charge in [0.05, 0.1) is 10.8 Å². The zero-order chi connectivity index (χ0) is 21.0. The van der Waals surface area contributed by atoms with Crippen LogP contribution in [0.3, 0.4) is 0 Å². The minimum absolute atomic E-state index is 0.158. The molecule has 0 spiro atoms. The number of rotatable bonds is 7. The maximum absolute atomic E-state index is 12.3. The smallest absolute Gasteiger partial charge is 0.234 e. The minimum Gasteiger partial charge on any atom is -0.484 e. The molecule has 0 aliphatic heterocycles. The fourth-order valence-corrected chi connectivity index (χ4v) is 3.76. The number of anilines is 1. The fourth-order valence-electron chi connectivity index (χ4n) is 2.39. The summed E-state index contributed by atoms with van der Waals surface area (Å²) in [5, 5.41) is 13.2. The molecule has 3 rings (SSSR count). The van der Waals surface area contributed by atoms with Crippen LogP contribution >= 0.6 is 46.6 Å². The number of hydrogen-bond donors (Lipinski definition) is 1. The van der Waals surface area contributed by atoms with E-state index in [1.54, 1.807) is 34.9 Å². The van der Waals surface area contributed by atoms with Gasteiger partial charge in [-0.3, -0.25) is 4.79 Å². The normalized spacial score (nSPS) is 10.8. The molecule has 1 N–H and O–H groups in total. The van der Waals surface area contributed by atoms with Gasteiger partial charge in [-0.2, -0.15) is 0 Å². The van der Waals surface area contributed by atoms with Gasteiger partial charge in [-0.1, -0.05) is 52.6 Å². The summed E-state index contributed by atoms with van der Waals surface area (Å²) in [4.78, 5) is 12.3. The maximum atomic E-state index is 12.3. The van der Waals surface area contributed by atoms with Gasteiger partial charge in [0.15, 0.2) is 11.0 Å². The molecule has 0 radical (unpaired) electrons. The molecule has 6 nitrogen and oxygen atoms in total. The predicted molar refractivity (Wildman–Crippen MR) is 117 cm³/mol. The molecule has 1 heterocycles. The number of nitrogens with zero attached hydrogens (tertiary/aromatic N) is 3. The van der Waals surface area contributed by atoms with Crippen LogP contribution in [-0.4, -0.2) is 26.4 Å². The van der Waals surface area contributed by atoms with Crippen LogP contribution in [-0.2, 0) is 18.4 Å². The number of carbonyl (C=O) groups is 1. The molecular formula is C19H17Cl3N4O2S. The highest BCUT2D eigenvalue weighted by Gasteiger charge is 2.14. The van der Waals surface area contributed by atoms with Gasteiger partial charge in [0.25, 0.3) is 0 Å². The summed E-state index contributed by atoms with van der Waals surface area (Å²) < 4.78 is 7.46. The average Bonchev–Trinajstić information content (AvgIpc) is 3.03. The van der Waals surface area contributed by atoms with Gasteiger partial charge >= 0.3 is 0 Å². The number of amides is 1. The van der Waals surface area contributed by atoms with Gasteiger partial charge in [0, 0.05) is 22.8 Å². The van der Waals surface area contributed by atoms with Gasteiger partial charge in [-0.25, -0.2) is 0 Å². The van der Waals surface area contributed by atoms with Crippen LogP contribution in [0.25, 0.3) is 0 Å². The first-order valence-corrected chi connectivity index (χ1v) is 10.6. The average molecular weight is 472 g/mol. The molecule has 0 saturated heterocycles. The summed E-state index contributed by atoms with van der Waals surface area (Å²) in [7, 11) is 1.81. The van der Waals surface area contributed by atoms with E-state index in [4.69, 9.17) is 39.5 Å². The third-order valence-corrected chi connectivity index (χ3v) is 6.01. The van der Waals surface area contributed by atoms with Crippen LogP contribution in [0.2, 0.25) is 15.1 Å². The Morgan fingerprint density at radius 3 is 2.72 bits per heavy atom. The third-order valence-electron chi connectivity index (χ3n) is 4.05. The first kappa shape index (κ1) is 21.8. The van der Waals surface area contributed by atoms with Crippen LogP contribution in [0.4, 0.5) is 5.69 Å². The Balaban J connectivity index is 1.56. The number of hydrogen-bond acceptors (Lipinski definition) is 5. The van der Waals surface area contributed by atoms with E-state index in [1.165, 1.54) is 11.8 Å². The van der Waals surface area contributed by atoms with Gasteiger partial charge in [0.2, 0.25) is 5.91 Å². The van der Waals surface area contributed by atoms with Crippen molar-refractivity contribution in [1.29, 1.82) is 0 Å². The lowest BCUT2D eigenvalue weighted by atomic mass is 10.2. The van der Waals surface area contributed by atoms with Crippen molar-refractivity contribution in [3.63, 3.8) is 0 Å². The molecule has 0 atom stereocenters. The van der Waals surface area contributed by atoms with Crippen molar-refractivity contribution in [1.82, 2.24) is 14.8 Å². The van der Waals surface area contributed by atoms with Gasteiger partial charge < -0.3 is 14.6 Å². The van der Waals surface area contributed by atoms with Crippen molar-refractivity contribution >= 4 is 58.2 Å². The van der Waals surface area contributed by atoms with E-state index in [1.807, 2.05) is 20.0 Å². The van der Waals surface area contributed by atoms with Crippen molar-refractivity contribution in [2.45, 2.75) is 18.7 Å². The highest BCUT2D eigenvalue weighted by molar-refractivity contribution is 7.99. The highest BCUT2D eigenvalue weighted by Crippen LogP contribution is 2.28. The molecule has 1 aromatic heterocycles. The van der Waals surface area contributed by atoms with E-state index in [0.29, 0.717) is 37.5 Å². The Bertz CT molecular complexity index is 1040. The quantitative estimate of drug-likeness (QED) is 0.468. The van der Waals surface area contributed by atoms with Gasteiger partial charge in [-0.15, -0.1) is 10.2 Å². The third kappa shape index (κ3) is 5.57. The van der Waals surface area contributed by atoms with E-state index in [2.05, 4.69) is 15.5 Å². The summed E-state index contributed by atoms with van der Waals surface area (Å²) >= 11 is 19.3. The van der Waals surface area contributed by atoms with Crippen LogP contribution in [0.1, 0.15) is 11.4 Å². The first-order chi connectivity index (χ1) is 13.8. The zero-order valence-electron chi connectivity index (χ0n) is 15.6. The zero-order valence-corrected chi connectivity index (χ0v) is 18.7. The molecule has 0 fully saturated rings. The molecular weight excluding hydrogens is 455 g/mol. The summed E-state index contributed by atoms with van der Waals surface area (Å²) in [5.41, 5.74) is 1.52. The van der Waals surface area contributed by atoms with Crippen molar-refractivity contribution in [2.24, 2.45) is 7.05 Å². The molecule has 0 aliphatic carbocycles. The minimum atomic E-state index is -0.158. The number of carbonyl (C=O) groups excluding carboxylic acids is 1. The van der Waals surface area contributed by atoms with E-state index in [0.717, 1.165) is 5.56 Å². The van der Waals surface area contributed by atoms with E-state index < -0.39 is 0 Å². The monoisotopic (exact) mass is 470 g/mol. The first-order valence-electron chi connectivity index (χ1n) is 8.49. The molecule has 152 valence electrons. The van der Waals surface area contributed by atoms with Crippen LogP contribution in [0.5, 0.6) is 5.75 Å². The number of nitrogens with one attached hydrogen (secondary N) is 1. The Morgan fingerprint density at radius 2 is 1.97 bits per heavy atom. The number of thioether (sulfide) groups is 1. The molecule has 0 bridgehead atoms. The van der Waals surface area contributed by atoms with Gasteiger partial charge in [0.1, 0.15) is 12.4 Å². The molecule has 29 heavy (non-hydrogen) atoms. The van der Waals surface area contributed by atoms with Crippen molar-refractivity contribution < 1.29 is 9.53 Å². The Morgan fingerprint density at radius 1 is 1.17 bits per heavy atom. The number of benzene rings is 2. The van der Waals surface area contributed by atoms with E-state index in [-0.39, 0.29) is 18.3 Å². The van der Waals surface area contributed by atoms with Crippen LogP contribution in [0, 0.1) is 6.92 Å². The van der Waals surface area contributed by atoms with Crippen molar-refractivity contribution in [3.8, 4) is 5.75 Å². The standard InChI is InChI=1S/C19H17Cl3N4O2S/c1-11-13(21)4-3-5-15(11)23-18(27)10-29-19-25-24-17(26(19)2)9-28-16-7-6-12(20)8-14(16)22/h3-8H,9-10H2,1-2H3,(H,23,27). The second-order valence-corrected chi connectivity index (χ2v) is 8.26. The maximum Gasteiger partial charge on any atom is 0.234 e. The largest absolute Gasteiger partial charge is 0.484 e. The summed E-state index contributed by atoms with van der Waals surface area (Å²) in [6.07, 6.45) is 0. The number of aromatic nitrogens is 3. The Kier molecular flexibility index (Phi) is 7.29. The molecule has 0 saturated carbocycles. The Hall–Kier alpha value is -1.93. The molecule has 1 amide bonds. The second-order valence-electron chi connectivity index (χ2n) is 6.07. The van der Waals surface area contributed by atoms with Crippen molar-refractivity contribution in [3.05, 3.63) is 62.9 Å². The summed E-state index contributed by atoms with van der Waals surface area (Å²) in [6.45, 7) is 2.03. The van der Waals surface area contributed by atoms with Crippen molar-refractivity contribution in [2.75, 3.05) is 11.1 Å². The summed E-state index contributed by atoms with van der Waals surface area (Å²) in [6, 6.07) is 10.4. The predicted octanol–water partition coefficient (Wildman–Crippen LogP) is 5.39. The lowest BCUT2D eigenvalue weighted by Gasteiger charge is -2.09. The fraction of sp³-hybridized carbons (Fsp3) is 0.211. The summed E-state index contributed by atoms with van der Waals surface area (Å²) in [5.74, 6) is 1.13. The van der Waals surface area contributed by atoms with Crippen LogP contribution < -0.4 is 10.1 Å². The lowest BCUT2D eigenvalue weighted by molar-refractivity contribution is -0.113. The molecule has 3 aromatic rings. The SMILES string of the molecule is Cc1c(Cl)cccc1NC(=O)CSc1nnc(COc2ccc(Cl)cc2Cl)n1C. The molecule has 0 unspecified atom stereocenters. The molecule has 10 heteroatoms. The van der Waals surface area contributed by atoms with E-state index in [9.17, 15) is 4.79 Å².